The van der Waals surface area contributed by atoms with Gasteiger partial charge < -0.3 is 10.1 Å². The molecule has 0 aliphatic rings. The Kier molecular flexibility index (Phi) is 5.02. The van der Waals surface area contributed by atoms with Gasteiger partial charge in [-0.3, -0.25) is 4.79 Å². The van der Waals surface area contributed by atoms with Crippen molar-refractivity contribution >= 4 is 23.2 Å². The number of aryl methyl sites for hydroxylation is 1. The number of hydrogen-bond donors (Lipinski definition) is 1. The van der Waals surface area contributed by atoms with Gasteiger partial charge in [-0.1, -0.05) is 30.7 Å². The van der Waals surface area contributed by atoms with Crippen molar-refractivity contribution in [3.63, 3.8) is 0 Å². The quantitative estimate of drug-likeness (QED) is 0.906. The molecule has 1 N–H and O–H groups in total. The van der Waals surface area contributed by atoms with Gasteiger partial charge in [0.25, 0.3) is 5.91 Å². The molecule has 0 saturated heterocycles. The van der Waals surface area contributed by atoms with E-state index in [-0.39, 0.29) is 12.5 Å². The van der Waals surface area contributed by atoms with Crippen molar-refractivity contribution in [3.05, 3.63) is 59.1 Å². The van der Waals surface area contributed by atoms with Crippen molar-refractivity contribution in [1.29, 1.82) is 0 Å². The Morgan fingerprint density at radius 3 is 2.35 bits per heavy atom. The standard InChI is InChI=1S/C16H16ClNO2/c1-2-12-3-7-14(8-4-12)18-16(19)11-20-15-9-5-13(17)6-10-15/h3-10H,2,11H2,1H3,(H,18,19). The second-order valence-electron chi connectivity index (χ2n) is 4.34. The largest absolute Gasteiger partial charge is 0.484 e. The molecule has 104 valence electrons. The van der Waals surface area contributed by atoms with Gasteiger partial charge in [-0.25, -0.2) is 0 Å². The third-order valence-electron chi connectivity index (χ3n) is 2.83. The Morgan fingerprint density at radius 1 is 1.10 bits per heavy atom. The van der Waals surface area contributed by atoms with Crippen LogP contribution in [0.5, 0.6) is 5.75 Å². The number of carbonyl (C=O) groups is 1. The van der Waals surface area contributed by atoms with Gasteiger partial charge in [-0.05, 0) is 48.4 Å². The highest BCUT2D eigenvalue weighted by atomic mass is 35.5. The maximum Gasteiger partial charge on any atom is 0.262 e. The lowest BCUT2D eigenvalue weighted by atomic mass is 10.1. The average Bonchev–Trinajstić information content (AvgIpc) is 2.47. The van der Waals surface area contributed by atoms with E-state index in [2.05, 4.69) is 12.2 Å². The lowest BCUT2D eigenvalue weighted by molar-refractivity contribution is -0.118. The van der Waals surface area contributed by atoms with E-state index in [1.807, 2.05) is 24.3 Å². The minimum absolute atomic E-state index is 0.0306. The zero-order valence-corrected chi connectivity index (χ0v) is 12.0. The summed E-state index contributed by atoms with van der Waals surface area (Å²) in [4.78, 5) is 11.7. The summed E-state index contributed by atoms with van der Waals surface area (Å²) in [6.45, 7) is 2.06. The zero-order chi connectivity index (χ0) is 14.4. The molecule has 0 spiro atoms. The molecule has 0 fully saturated rings. The molecule has 0 aliphatic carbocycles. The van der Waals surface area contributed by atoms with E-state index in [9.17, 15) is 4.79 Å². The molecule has 2 aromatic carbocycles. The SMILES string of the molecule is CCc1ccc(NC(=O)COc2ccc(Cl)cc2)cc1. The molecule has 0 radical (unpaired) electrons. The number of carbonyl (C=O) groups excluding carboxylic acids is 1. The molecule has 2 aromatic rings. The van der Waals surface area contributed by atoms with Gasteiger partial charge in [0, 0.05) is 10.7 Å². The number of amides is 1. The Bertz CT molecular complexity index is 564. The summed E-state index contributed by atoms with van der Waals surface area (Å²) >= 11 is 5.77. The Hall–Kier alpha value is -2.00. The minimum Gasteiger partial charge on any atom is -0.484 e. The first-order valence-electron chi connectivity index (χ1n) is 6.44. The molecule has 0 aliphatic heterocycles. The number of nitrogens with one attached hydrogen (secondary N) is 1. The summed E-state index contributed by atoms with van der Waals surface area (Å²) in [5, 5.41) is 3.42. The molecular formula is C16H16ClNO2. The van der Waals surface area contributed by atoms with Gasteiger partial charge in [-0.2, -0.15) is 0 Å². The Balaban J connectivity index is 1.84. The van der Waals surface area contributed by atoms with Gasteiger partial charge in [0.2, 0.25) is 0 Å². The van der Waals surface area contributed by atoms with Crippen LogP contribution in [0.25, 0.3) is 0 Å². The molecule has 0 aromatic heterocycles. The second kappa shape index (κ2) is 6.96. The summed E-state index contributed by atoms with van der Waals surface area (Å²) in [5.74, 6) is 0.426. The lowest BCUT2D eigenvalue weighted by Crippen LogP contribution is -2.20. The molecule has 4 heteroatoms. The molecule has 0 atom stereocenters. The predicted molar refractivity (Wildman–Crippen MR) is 81.4 cm³/mol. The van der Waals surface area contributed by atoms with Crippen LogP contribution in [0.15, 0.2) is 48.5 Å². The molecule has 1 amide bonds. The van der Waals surface area contributed by atoms with Crippen LogP contribution in [0.2, 0.25) is 5.02 Å². The molecule has 0 saturated carbocycles. The molecule has 0 heterocycles. The number of halogens is 1. The van der Waals surface area contributed by atoms with Crippen molar-refractivity contribution in [3.8, 4) is 5.75 Å². The zero-order valence-electron chi connectivity index (χ0n) is 11.2. The summed E-state index contributed by atoms with van der Waals surface area (Å²) in [5.41, 5.74) is 2.01. The van der Waals surface area contributed by atoms with Crippen molar-refractivity contribution < 1.29 is 9.53 Å². The van der Waals surface area contributed by atoms with Crippen LogP contribution in [0, 0.1) is 0 Å². The third kappa shape index (κ3) is 4.28. The maximum atomic E-state index is 11.7. The number of ether oxygens (including phenoxy) is 1. The summed E-state index contributed by atoms with van der Waals surface area (Å²) in [6, 6.07) is 14.7. The van der Waals surface area contributed by atoms with E-state index >= 15 is 0 Å². The lowest BCUT2D eigenvalue weighted by Gasteiger charge is -2.08. The summed E-state index contributed by atoms with van der Waals surface area (Å²) in [7, 11) is 0. The first-order chi connectivity index (χ1) is 9.67. The van der Waals surface area contributed by atoms with Gasteiger partial charge in [0.1, 0.15) is 5.75 Å². The van der Waals surface area contributed by atoms with E-state index in [1.165, 1.54) is 5.56 Å². The summed E-state index contributed by atoms with van der Waals surface area (Å²) < 4.78 is 5.37. The third-order valence-corrected chi connectivity index (χ3v) is 3.08. The van der Waals surface area contributed by atoms with E-state index < -0.39 is 0 Å². The Labute approximate surface area is 123 Å². The summed E-state index contributed by atoms with van der Waals surface area (Å²) in [6.07, 6.45) is 0.980. The van der Waals surface area contributed by atoms with E-state index in [4.69, 9.17) is 16.3 Å². The average molecular weight is 290 g/mol. The smallest absolute Gasteiger partial charge is 0.262 e. The Morgan fingerprint density at radius 2 is 1.75 bits per heavy atom. The maximum absolute atomic E-state index is 11.7. The van der Waals surface area contributed by atoms with E-state index in [1.54, 1.807) is 24.3 Å². The van der Waals surface area contributed by atoms with Crippen LogP contribution < -0.4 is 10.1 Å². The molecule has 0 unspecified atom stereocenters. The van der Waals surface area contributed by atoms with Crippen LogP contribution in [0.1, 0.15) is 12.5 Å². The van der Waals surface area contributed by atoms with Crippen LogP contribution >= 0.6 is 11.6 Å². The topological polar surface area (TPSA) is 38.3 Å². The van der Waals surface area contributed by atoms with Crippen molar-refractivity contribution in [2.24, 2.45) is 0 Å². The van der Waals surface area contributed by atoms with Gasteiger partial charge >= 0.3 is 0 Å². The van der Waals surface area contributed by atoms with Crippen LogP contribution in [-0.4, -0.2) is 12.5 Å². The van der Waals surface area contributed by atoms with E-state index in [0.29, 0.717) is 10.8 Å². The van der Waals surface area contributed by atoms with Crippen molar-refractivity contribution in [2.75, 3.05) is 11.9 Å². The van der Waals surface area contributed by atoms with Gasteiger partial charge in [0.15, 0.2) is 6.61 Å². The number of hydrogen-bond acceptors (Lipinski definition) is 2. The molecule has 20 heavy (non-hydrogen) atoms. The molecule has 2 rings (SSSR count). The molecule has 3 nitrogen and oxygen atoms in total. The fraction of sp³-hybridized carbons (Fsp3) is 0.188. The first kappa shape index (κ1) is 14.4. The highest BCUT2D eigenvalue weighted by Gasteiger charge is 2.03. The van der Waals surface area contributed by atoms with Crippen molar-refractivity contribution in [1.82, 2.24) is 0 Å². The number of anilines is 1. The molecule has 0 bridgehead atoms. The van der Waals surface area contributed by atoms with Gasteiger partial charge in [-0.15, -0.1) is 0 Å². The molecular weight excluding hydrogens is 274 g/mol. The van der Waals surface area contributed by atoms with Crippen LogP contribution in [-0.2, 0) is 11.2 Å². The van der Waals surface area contributed by atoms with E-state index in [0.717, 1.165) is 12.1 Å². The van der Waals surface area contributed by atoms with Gasteiger partial charge in [0.05, 0.1) is 0 Å². The number of rotatable bonds is 5. The monoisotopic (exact) mass is 289 g/mol. The van der Waals surface area contributed by atoms with Crippen LogP contribution in [0.4, 0.5) is 5.69 Å². The fourth-order valence-electron chi connectivity index (χ4n) is 1.70. The highest BCUT2D eigenvalue weighted by molar-refractivity contribution is 6.30. The fourth-order valence-corrected chi connectivity index (χ4v) is 1.83. The minimum atomic E-state index is -0.191. The predicted octanol–water partition coefficient (Wildman–Crippen LogP) is 3.92. The normalized spacial score (nSPS) is 10.1. The second-order valence-corrected chi connectivity index (χ2v) is 4.78. The highest BCUT2D eigenvalue weighted by Crippen LogP contribution is 2.15. The number of benzene rings is 2. The first-order valence-corrected chi connectivity index (χ1v) is 6.82. The van der Waals surface area contributed by atoms with Crippen molar-refractivity contribution in [2.45, 2.75) is 13.3 Å². The van der Waals surface area contributed by atoms with Crippen LogP contribution in [0.3, 0.4) is 0 Å².